The Morgan fingerprint density at radius 2 is 1.71 bits per heavy atom. The third kappa shape index (κ3) is 3.23. The molecule has 2 atom stereocenters. The van der Waals surface area contributed by atoms with E-state index in [9.17, 15) is 18.0 Å². The fourth-order valence-electron chi connectivity index (χ4n) is 2.85. The van der Waals surface area contributed by atoms with Crippen LogP contribution < -0.4 is 5.32 Å². The van der Waals surface area contributed by atoms with Crippen molar-refractivity contribution in [2.24, 2.45) is 0 Å². The Morgan fingerprint density at radius 3 is 2.25 bits per heavy atom. The van der Waals surface area contributed by atoms with E-state index >= 15 is 0 Å². The van der Waals surface area contributed by atoms with Crippen molar-refractivity contribution < 1.29 is 18.0 Å². The molecule has 1 aliphatic carbocycles. The van der Waals surface area contributed by atoms with Crippen LogP contribution in [0, 0.1) is 17.5 Å². The lowest BCUT2D eigenvalue weighted by molar-refractivity contribution is 0.0896. The summed E-state index contributed by atoms with van der Waals surface area (Å²) in [5.41, 5.74) is 0.0296. The lowest BCUT2D eigenvalue weighted by Gasteiger charge is -2.38. The zero-order valence-corrected chi connectivity index (χ0v) is 13.8. The molecule has 2 aromatic carbocycles. The van der Waals surface area contributed by atoms with Crippen LogP contribution in [0.2, 0.25) is 10.0 Å². The molecule has 2 aromatic rings. The zero-order chi connectivity index (χ0) is 17.4. The second-order valence-electron chi connectivity index (χ2n) is 5.67. The molecular formula is C17H12Cl2F3NO. The Balaban J connectivity index is 1.78. The standard InChI is InChI=1S/C17H12Cl2F3NO/c18-8-1-2-10(12(19)5-8)11-3-4-15(11)23-17(24)16-13(21)6-9(20)7-14(16)22/h1-2,5-7,11,15H,3-4H2,(H,23,24). The number of benzene rings is 2. The van der Waals surface area contributed by atoms with E-state index in [1.54, 1.807) is 18.2 Å². The molecule has 0 aromatic heterocycles. The van der Waals surface area contributed by atoms with Crippen molar-refractivity contribution in [1.82, 2.24) is 5.32 Å². The van der Waals surface area contributed by atoms with E-state index in [0.717, 1.165) is 12.0 Å². The van der Waals surface area contributed by atoms with Crippen LogP contribution in [-0.2, 0) is 0 Å². The molecule has 7 heteroatoms. The average Bonchev–Trinajstić information content (AvgIpc) is 2.45. The summed E-state index contributed by atoms with van der Waals surface area (Å²) in [6.07, 6.45) is 1.43. The molecule has 1 aliphatic rings. The Bertz CT molecular complexity index is 789. The first kappa shape index (κ1) is 17.1. The predicted molar refractivity (Wildman–Crippen MR) is 86.0 cm³/mol. The fraction of sp³-hybridized carbons (Fsp3) is 0.235. The monoisotopic (exact) mass is 373 g/mol. The van der Waals surface area contributed by atoms with E-state index in [4.69, 9.17) is 23.2 Å². The van der Waals surface area contributed by atoms with E-state index in [-0.39, 0.29) is 12.0 Å². The minimum Gasteiger partial charge on any atom is -0.349 e. The van der Waals surface area contributed by atoms with Crippen molar-refractivity contribution in [2.45, 2.75) is 24.8 Å². The van der Waals surface area contributed by atoms with Gasteiger partial charge in [0.15, 0.2) is 0 Å². The van der Waals surface area contributed by atoms with Gasteiger partial charge in [0.2, 0.25) is 0 Å². The molecule has 0 saturated heterocycles. The first-order chi connectivity index (χ1) is 11.4. The minimum absolute atomic E-state index is 0.0645. The normalized spacial score (nSPS) is 19.7. The zero-order valence-electron chi connectivity index (χ0n) is 12.3. The quantitative estimate of drug-likeness (QED) is 0.797. The van der Waals surface area contributed by atoms with E-state index < -0.39 is 28.9 Å². The van der Waals surface area contributed by atoms with Crippen LogP contribution in [0.4, 0.5) is 13.2 Å². The van der Waals surface area contributed by atoms with Crippen molar-refractivity contribution in [3.8, 4) is 0 Å². The van der Waals surface area contributed by atoms with Gasteiger partial charge < -0.3 is 5.32 Å². The summed E-state index contributed by atoms with van der Waals surface area (Å²) in [5, 5.41) is 3.57. The SMILES string of the molecule is O=C(NC1CCC1c1ccc(Cl)cc1Cl)c1c(F)cc(F)cc1F. The van der Waals surface area contributed by atoms with Gasteiger partial charge in [-0.15, -0.1) is 0 Å². The molecule has 1 fully saturated rings. The number of hydrogen-bond donors (Lipinski definition) is 1. The molecule has 0 spiro atoms. The summed E-state index contributed by atoms with van der Waals surface area (Å²) in [6, 6.07) is 5.72. The summed E-state index contributed by atoms with van der Waals surface area (Å²) in [7, 11) is 0. The van der Waals surface area contributed by atoms with Gasteiger partial charge >= 0.3 is 0 Å². The summed E-state index contributed by atoms with van der Waals surface area (Å²) in [4.78, 5) is 12.1. The van der Waals surface area contributed by atoms with Gasteiger partial charge in [-0.05, 0) is 30.5 Å². The Labute approximate surface area is 146 Å². The van der Waals surface area contributed by atoms with Gasteiger partial charge in [0.1, 0.15) is 23.0 Å². The van der Waals surface area contributed by atoms with Crippen molar-refractivity contribution in [3.63, 3.8) is 0 Å². The van der Waals surface area contributed by atoms with Gasteiger partial charge in [0, 0.05) is 34.1 Å². The highest BCUT2D eigenvalue weighted by atomic mass is 35.5. The van der Waals surface area contributed by atoms with Gasteiger partial charge in [-0.2, -0.15) is 0 Å². The molecule has 0 heterocycles. The van der Waals surface area contributed by atoms with E-state index in [1.807, 2.05) is 0 Å². The first-order valence-corrected chi connectivity index (χ1v) is 8.02. The lowest BCUT2D eigenvalue weighted by Crippen LogP contribution is -2.46. The molecule has 0 aliphatic heterocycles. The van der Waals surface area contributed by atoms with Gasteiger partial charge in [-0.25, -0.2) is 13.2 Å². The molecule has 2 unspecified atom stereocenters. The van der Waals surface area contributed by atoms with Crippen molar-refractivity contribution in [1.29, 1.82) is 0 Å². The molecule has 1 saturated carbocycles. The van der Waals surface area contributed by atoms with Gasteiger partial charge in [0.05, 0.1) is 0 Å². The van der Waals surface area contributed by atoms with Gasteiger partial charge in [-0.1, -0.05) is 29.3 Å². The van der Waals surface area contributed by atoms with E-state index in [2.05, 4.69) is 5.32 Å². The molecule has 24 heavy (non-hydrogen) atoms. The maximum absolute atomic E-state index is 13.7. The fourth-order valence-corrected chi connectivity index (χ4v) is 3.40. The van der Waals surface area contributed by atoms with Crippen LogP contribution in [0.15, 0.2) is 30.3 Å². The average molecular weight is 374 g/mol. The summed E-state index contributed by atoms with van der Waals surface area (Å²) in [5.74, 6) is -4.51. The van der Waals surface area contributed by atoms with Crippen LogP contribution in [0.1, 0.15) is 34.7 Å². The van der Waals surface area contributed by atoms with Crippen molar-refractivity contribution in [3.05, 3.63) is 69.0 Å². The van der Waals surface area contributed by atoms with Crippen LogP contribution in [-0.4, -0.2) is 11.9 Å². The molecule has 0 bridgehead atoms. The van der Waals surface area contributed by atoms with Crippen LogP contribution in [0.25, 0.3) is 0 Å². The molecular weight excluding hydrogens is 362 g/mol. The molecule has 2 nitrogen and oxygen atoms in total. The Hall–Kier alpha value is -1.72. The Kier molecular flexibility index (Phi) is 4.74. The maximum atomic E-state index is 13.7. The van der Waals surface area contributed by atoms with Crippen LogP contribution in [0.5, 0.6) is 0 Å². The van der Waals surface area contributed by atoms with Crippen molar-refractivity contribution in [2.75, 3.05) is 0 Å². The smallest absolute Gasteiger partial charge is 0.257 e. The second-order valence-corrected chi connectivity index (χ2v) is 6.52. The lowest BCUT2D eigenvalue weighted by atomic mass is 9.75. The highest BCUT2D eigenvalue weighted by molar-refractivity contribution is 6.35. The molecule has 126 valence electrons. The number of rotatable bonds is 3. The van der Waals surface area contributed by atoms with Gasteiger partial charge in [0.25, 0.3) is 5.91 Å². The molecule has 1 amide bonds. The number of halogens is 5. The number of amides is 1. The topological polar surface area (TPSA) is 29.1 Å². The maximum Gasteiger partial charge on any atom is 0.257 e. The van der Waals surface area contributed by atoms with E-state index in [1.165, 1.54) is 0 Å². The third-order valence-corrected chi connectivity index (χ3v) is 4.75. The second kappa shape index (κ2) is 6.65. The summed E-state index contributed by atoms with van der Waals surface area (Å²) in [6.45, 7) is 0. The first-order valence-electron chi connectivity index (χ1n) is 7.27. The Morgan fingerprint density at radius 1 is 1.04 bits per heavy atom. The molecule has 1 N–H and O–H groups in total. The summed E-state index contributed by atoms with van der Waals surface area (Å²) >= 11 is 12.0. The number of nitrogens with one attached hydrogen (secondary N) is 1. The molecule has 3 rings (SSSR count). The number of hydrogen-bond acceptors (Lipinski definition) is 1. The highest BCUT2D eigenvalue weighted by Crippen LogP contribution is 2.41. The van der Waals surface area contributed by atoms with E-state index in [0.29, 0.717) is 28.6 Å². The summed E-state index contributed by atoms with van der Waals surface area (Å²) < 4.78 is 40.3. The number of carbonyl (C=O) groups is 1. The number of carbonyl (C=O) groups excluding carboxylic acids is 1. The predicted octanol–water partition coefficient (Wildman–Crippen LogP) is 5.09. The van der Waals surface area contributed by atoms with Gasteiger partial charge in [-0.3, -0.25) is 4.79 Å². The van der Waals surface area contributed by atoms with Crippen LogP contribution >= 0.6 is 23.2 Å². The molecule has 0 radical (unpaired) electrons. The van der Waals surface area contributed by atoms with Crippen molar-refractivity contribution >= 4 is 29.1 Å². The minimum atomic E-state index is -1.23. The highest BCUT2D eigenvalue weighted by Gasteiger charge is 2.35. The third-order valence-electron chi connectivity index (χ3n) is 4.19. The largest absolute Gasteiger partial charge is 0.349 e. The van der Waals surface area contributed by atoms with Crippen LogP contribution in [0.3, 0.4) is 0 Å².